The normalized spacial score (nSPS) is 39.7. The second-order valence-corrected chi connectivity index (χ2v) is 5.95. The highest BCUT2D eigenvalue weighted by Crippen LogP contribution is 2.34. The first-order valence-corrected chi connectivity index (χ1v) is 7.78. The van der Waals surface area contributed by atoms with Gasteiger partial charge in [-0.05, 0) is 45.6 Å². The minimum Gasteiger partial charge on any atom is -0.313 e. The van der Waals surface area contributed by atoms with E-state index in [0.29, 0.717) is 0 Å². The van der Waals surface area contributed by atoms with Gasteiger partial charge in [0.25, 0.3) is 0 Å². The molecule has 1 aliphatic heterocycles. The van der Waals surface area contributed by atoms with E-state index in [4.69, 9.17) is 0 Å². The summed E-state index contributed by atoms with van der Waals surface area (Å²) in [6, 6.07) is 3.23. The Labute approximate surface area is 107 Å². The van der Waals surface area contributed by atoms with Gasteiger partial charge < -0.3 is 5.32 Å². The topological polar surface area (TPSA) is 15.3 Å². The van der Waals surface area contributed by atoms with E-state index < -0.39 is 0 Å². The van der Waals surface area contributed by atoms with Crippen LogP contribution in [0.4, 0.5) is 0 Å². The molecule has 0 radical (unpaired) electrons. The van der Waals surface area contributed by atoms with E-state index in [1.807, 2.05) is 0 Å². The summed E-state index contributed by atoms with van der Waals surface area (Å²) in [5.41, 5.74) is 0. The minimum absolute atomic E-state index is 0.753. The fourth-order valence-electron chi connectivity index (χ4n) is 4.07. The van der Waals surface area contributed by atoms with Crippen LogP contribution in [0.15, 0.2) is 0 Å². The van der Waals surface area contributed by atoms with Crippen molar-refractivity contribution < 1.29 is 0 Å². The largest absolute Gasteiger partial charge is 0.313 e. The quantitative estimate of drug-likeness (QED) is 0.809. The number of likely N-dealkylation sites (tertiary alicyclic amines) is 1. The minimum atomic E-state index is 0.753. The maximum absolute atomic E-state index is 3.73. The maximum atomic E-state index is 3.73. The van der Waals surface area contributed by atoms with Crippen LogP contribution < -0.4 is 5.32 Å². The fourth-order valence-corrected chi connectivity index (χ4v) is 4.07. The lowest BCUT2D eigenvalue weighted by molar-refractivity contribution is 0.0777. The van der Waals surface area contributed by atoms with Crippen LogP contribution in [0.25, 0.3) is 0 Å². The van der Waals surface area contributed by atoms with Crippen LogP contribution in [0.3, 0.4) is 0 Å². The Morgan fingerprint density at radius 1 is 1.06 bits per heavy atom. The maximum Gasteiger partial charge on any atom is 0.0255 e. The molecule has 1 heterocycles. The molecule has 1 saturated heterocycles. The number of likely N-dealkylation sites (N-methyl/N-ethyl adjacent to an activating group) is 1. The molecule has 2 aliphatic rings. The molecule has 4 atom stereocenters. The molecule has 0 amide bonds. The van der Waals surface area contributed by atoms with Crippen molar-refractivity contribution >= 4 is 0 Å². The summed E-state index contributed by atoms with van der Waals surface area (Å²) in [7, 11) is 0. The molecule has 1 saturated carbocycles. The zero-order valence-electron chi connectivity index (χ0n) is 11.9. The Morgan fingerprint density at radius 3 is 2.53 bits per heavy atom. The van der Waals surface area contributed by atoms with E-state index in [1.165, 1.54) is 44.9 Å². The molecule has 0 aromatic carbocycles. The third-order valence-electron chi connectivity index (χ3n) is 4.90. The van der Waals surface area contributed by atoms with Crippen LogP contribution in [-0.4, -0.2) is 35.6 Å². The molecular formula is C15H30N2. The van der Waals surface area contributed by atoms with Crippen molar-refractivity contribution in [1.29, 1.82) is 0 Å². The van der Waals surface area contributed by atoms with Crippen molar-refractivity contribution in [1.82, 2.24) is 10.2 Å². The predicted octanol–water partition coefficient (Wildman–Crippen LogP) is 3.17. The van der Waals surface area contributed by atoms with E-state index >= 15 is 0 Å². The van der Waals surface area contributed by atoms with Crippen molar-refractivity contribution in [3.63, 3.8) is 0 Å². The molecule has 17 heavy (non-hydrogen) atoms. The summed E-state index contributed by atoms with van der Waals surface area (Å²) in [6.45, 7) is 8.17. The lowest BCUT2D eigenvalue weighted by Crippen LogP contribution is -2.55. The Hall–Kier alpha value is -0.0800. The first-order valence-electron chi connectivity index (χ1n) is 7.78. The van der Waals surface area contributed by atoms with Gasteiger partial charge in [0, 0.05) is 24.2 Å². The van der Waals surface area contributed by atoms with Crippen molar-refractivity contribution in [2.45, 2.75) is 89.9 Å². The Kier molecular flexibility index (Phi) is 4.87. The molecule has 100 valence electrons. The van der Waals surface area contributed by atoms with E-state index in [1.54, 1.807) is 0 Å². The molecule has 0 aromatic heterocycles. The van der Waals surface area contributed by atoms with Crippen LogP contribution in [0.5, 0.6) is 0 Å². The van der Waals surface area contributed by atoms with Crippen LogP contribution in [0.2, 0.25) is 0 Å². The Bertz CT molecular complexity index is 227. The monoisotopic (exact) mass is 238 g/mol. The summed E-state index contributed by atoms with van der Waals surface area (Å²) in [5.74, 6) is 0. The average molecular weight is 238 g/mol. The molecule has 0 spiro atoms. The Balaban J connectivity index is 2.06. The van der Waals surface area contributed by atoms with Gasteiger partial charge in [0.05, 0.1) is 0 Å². The number of hydrogen-bond acceptors (Lipinski definition) is 2. The SMILES string of the molecule is CCNC1CCCCC1N1C(C)CCC1CC. The Morgan fingerprint density at radius 2 is 1.82 bits per heavy atom. The number of nitrogens with one attached hydrogen (secondary N) is 1. The smallest absolute Gasteiger partial charge is 0.0255 e. The fraction of sp³-hybridized carbons (Fsp3) is 1.00. The van der Waals surface area contributed by atoms with E-state index in [9.17, 15) is 0 Å². The molecule has 1 aliphatic carbocycles. The van der Waals surface area contributed by atoms with Crippen LogP contribution in [0, 0.1) is 0 Å². The average Bonchev–Trinajstić information content (AvgIpc) is 2.72. The molecule has 2 nitrogen and oxygen atoms in total. The second-order valence-electron chi connectivity index (χ2n) is 5.95. The summed E-state index contributed by atoms with van der Waals surface area (Å²) >= 11 is 0. The lowest BCUT2D eigenvalue weighted by atomic mass is 9.88. The van der Waals surface area contributed by atoms with Crippen LogP contribution in [0.1, 0.15) is 65.7 Å². The van der Waals surface area contributed by atoms with Gasteiger partial charge in [-0.15, -0.1) is 0 Å². The van der Waals surface area contributed by atoms with Gasteiger partial charge in [-0.1, -0.05) is 26.7 Å². The van der Waals surface area contributed by atoms with Gasteiger partial charge in [0.2, 0.25) is 0 Å². The number of hydrogen-bond donors (Lipinski definition) is 1. The van der Waals surface area contributed by atoms with Crippen LogP contribution in [-0.2, 0) is 0 Å². The lowest BCUT2D eigenvalue weighted by Gasteiger charge is -2.43. The third-order valence-corrected chi connectivity index (χ3v) is 4.90. The zero-order chi connectivity index (χ0) is 12.3. The molecule has 4 unspecified atom stereocenters. The van der Waals surface area contributed by atoms with E-state index in [-0.39, 0.29) is 0 Å². The van der Waals surface area contributed by atoms with Gasteiger partial charge in [-0.25, -0.2) is 0 Å². The van der Waals surface area contributed by atoms with Gasteiger partial charge in [0.15, 0.2) is 0 Å². The second kappa shape index (κ2) is 6.19. The summed E-state index contributed by atoms with van der Waals surface area (Å²) in [6.07, 6.45) is 9.83. The molecule has 0 bridgehead atoms. The molecule has 2 fully saturated rings. The standard InChI is InChI=1S/C15H30N2/c1-4-13-11-10-12(3)17(13)15-9-7-6-8-14(15)16-5-2/h12-16H,4-11H2,1-3H3. The van der Waals surface area contributed by atoms with E-state index in [2.05, 4.69) is 31.0 Å². The molecule has 2 heteroatoms. The third kappa shape index (κ3) is 2.85. The zero-order valence-corrected chi connectivity index (χ0v) is 11.9. The van der Waals surface area contributed by atoms with Gasteiger partial charge in [0.1, 0.15) is 0 Å². The first-order chi connectivity index (χ1) is 8.27. The van der Waals surface area contributed by atoms with Crippen molar-refractivity contribution in [3.8, 4) is 0 Å². The van der Waals surface area contributed by atoms with Gasteiger partial charge >= 0.3 is 0 Å². The predicted molar refractivity (Wildman–Crippen MR) is 74.3 cm³/mol. The highest BCUT2D eigenvalue weighted by molar-refractivity contribution is 4.96. The summed E-state index contributed by atoms with van der Waals surface area (Å²) in [4.78, 5) is 2.87. The number of rotatable bonds is 4. The summed E-state index contributed by atoms with van der Waals surface area (Å²) in [5, 5.41) is 3.73. The van der Waals surface area contributed by atoms with Crippen molar-refractivity contribution in [2.24, 2.45) is 0 Å². The molecule has 1 N–H and O–H groups in total. The van der Waals surface area contributed by atoms with Crippen molar-refractivity contribution in [3.05, 3.63) is 0 Å². The molecule has 0 aromatic rings. The highest BCUT2D eigenvalue weighted by Gasteiger charge is 2.38. The summed E-state index contributed by atoms with van der Waals surface area (Å²) < 4.78 is 0. The first kappa shape index (κ1) is 13.4. The molecule has 2 rings (SSSR count). The van der Waals surface area contributed by atoms with Crippen molar-refractivity contribution in [2.75, 3.05) is 6.54 Å². The van der Waals surface area contributed by atoms with Gasteiger partial charge in [-0.3, -0.25) is 4.90 Å². The van der Waals surface area contributed by atoms with Gasteiger partial charge in [-0.2, -0.15) is 0 Å². The van der Waals surface area contributed by atoms with Crippen LogP contribution >= 0.6 is 0 Å². The highest BCUT2D eigenvalue weighted by atomic mass is 15.3. The molecular weight excluding hydrogens is 208 g/mol. The number of nitrogens with zero attached hydrogens (tertiary/aromatic N) is 1. The van der Waals surface area contributed by atoms with E-state index in [0.717, 1.165) is 30.7 Å².